The Morgan fingerprint density at radius 2 is 2.35 bits per heavy atom. The third-order valence-corrected chi connectivity index (χ3v) is 4.55. The number of hydrogen-bond donors (Lipinski definition) is 2. The Bertz CT molecular complexity index is 678. The molecule has 1 aliphatic heterocycles. The Hall–Kier alpha value is -1.85. The lowest BCUT2D eigenvalue weighted by molar-refractivity contribution is 0.0894. The van der Waals surface area contributed by atoms with Crippen LogP contribution in [0, 0.1) is 0 Å². The first-order chi connectivity index (χ1) is 11.2. The van der Waals surface area contributed by atoms with Crippen LogP contribution in [-0.2, 0) is 6.42 Å². The van der Waals surface area contributed by atoms with E-state index in [0.717, 1.165) is 43.3 Å². The highest BCUT2D eigenvalue weighted by atomic mass is 16.3. The average Bonchev–Trinajstić information content (AvgIpc) is 2.98. The van der Waals surface area contributed by atoms with Gasteiger partial charge in [-0.2, -0.15) is 0 Å². The summed E-state index contributed by atoms with van der Waals surface area (Å²) in [5.74, 6) is -0.0761. The second-order valence-corrected chi connectivity index (χ2v) is 6.17. The second kappa shape index (κ2) is 7.15. The molecule has 0 bridgehead atoms. The van der Waals surface area contributed by atoms with E-state index in [1.807, 2.05) is 18.2 Å². The zero-order valence-corrected chi connectivity index (χ0v) is 13.5. The standard InChI is InChI=1S/C18H24N2O3/c1-2-13-5-6-17-15(10-13)16(12-23-17)18(22)19-14-4-3-7-20(11-14)8-9-21/h5-6,10,12,14,21H,2-4,7-9,11H2,1H3,(H,19,22). The van der Waals surface area contributed by atoms with Gasteiger partial charge in [0.25, 0.3) is 5.91 Å². The lowest BCUT2D eigenvalue weighted by Crippen LogP contribution is -2.48. The molecule has 5 heteroatoms. The van der Waals surface area contributed by atoms with E-state index in [2.05, 4.69) is 17.1 Å². The van der Waals surface area contributed by atoms with Gasteiger partial charge in [-0.05, 0) is 43.5 Å². The van der Waals surface area contributed by atoms with Crippen molar-refractivity contribution in [2.75, 3.05) is 26.2 Å². The molecule has 1 aliphatic rings. The van der Waals surface area contributed by atoms with Gasteiger partial charge in [0.1, 0.15) is 11.8 Å². The normalized spacial score (nSPS) is 19.1. The first kappa shape index (κ1) is 16.0. The number of likely N-dealkylation sites (tertiary alicyclic amines) is 1. The van der Waals surface area contributed by atoms with Crippen LogP contribution >= 0.6 is 0 Å². The van der Waals surface area contributed by atoms with E-state index < -0.39 is 0 Å². The van der Waals surface area contributed by atoms with Gasteiger partial charge in [-0.15, -0.1) is 0 Å². The molecule has 1 aromatic carbocycles. The number of furan rings is 1. The highest BCUT2D eigenvalue weighted by Gasteiger charge is 2.23. The number of carbonyl (C=O) groups excluding carboxylic acids is 1. The molecule has 3 rings (SSSR count). The highest BCUT2D eigenvalue weighted by molar-refractivity contribution is 6.06. The van der Waals surface area contributed by atoms with Crippen LogP contribution in [0.1, 0.15) is 35.7 Å². The molecule has 23 heavy (non-hydrogen) atoms. The Morgan fingerprint density at radius 3 is 3.13 bits per heavy atom. The number of benzene rings is 1. The molecule has 1 aromatic heterocycles. The summed E-state index contributed by atoms with van der Waals surface area (Å²) >= 11 is 0. The van der Waals surface area contributed by atoms with Crippen LogP contribution in [0.4, 0.5) is 0 Å². The molecule has 2 aromatic rings. The first-order valence-corrected chi connectivity index (χ1v) is 8.35. The SMILES string of the molecule is CCc1ccc2occ(C(=O)NC3CCCN(CCO)C3)c2c1. The topological polar surface area (TPSA) is 65.7 Å². The van der Waals surface area contributed by atoms with Crippen molar-refractivity contribution in [2.24, 2.45) is 0 Å². The summed E-state index contributed by atoms with van der Waals surface area (Å²) in [7, 11) is 0. The minimum Gasteiger partial charge on any atom is -0.463 e. The van der Waals surface area contributed by atoms with Crippen LogP contribution in [0.2, 0.25) is 0 Å². The van der Waals surface area contributed by atoms with Crippen molar-refractivity contribution in [2.45, 2.75) is 32.2 Å². The molecule has 124 valence electrons. The number of piperidine rings is 1. The van der Waals surface area contributed by atoms with Crippen molar-refractivity contribution < 1.29 is 14.3 Å². The molecule has 2 heterocycles. The number of nitrogens with zero attached hydrogens (tertiary/aromatic N) is 1. The van der Waals surface area contributed by atoms with Crippen molar-refractivity contribution in [3.05, 3.63) is 35.6 Å². The summed E-state index contributed by atoms with van der Waals surface area (Å²) in [6, 6.07) is 6.12. The van der Waals surface area contributed by atoms with Gasteiger partial charge in [0.05, 0.1) is 12.2 Å². The van der Waals surface area contributed by atoms with Gasteiger partial charge < -0.3 is 14.8 Å². The number of rotatable bonds is 5. The minimum absolute atomic E-state index is 0.0761. The predicted molar refractivity (Wildman–Crippen MR) is 89.6 cm³/mol. The van der Waals surface area contributed by atoms with E-state index in [-0.39, 0.29) is 18.6 Å². The second-order valence-electron chi connectivity index (χ2n) is 6.17. The minimum atomic E-state index is -0.0761. The molecule has 1 amide bonds. The molecule has 0 aliphatic carbocycles. The van der Waals surface area contributed by atoms with E-state index in [0.29, 0.717) is 12.1 Å². The summed E-state index contributed by atoms with van der Waals surface area (Å²) in [6.07, 6.45) is 4.50. The van der Waals surface area contributed by atoms with Crippen LogP contribution in [-0.4, -0.2) is 48.2 Å². The lowest BCUT2D eigenvalue weighted by Gasteiger charge is -2.32. The van der Waals surface area contributed by atoms with E-state index in [9.17, 15) is 4.79 Å². The molecule has 0 radical (unpaired) electrons. The monoisotopic (exact) mass is 316 g/mol. The number of aliphatic hydroxyl groups is 1. The van der Waals surface area contributed by atoms with Crippen LogP contribution < -0.4 is 5.32 Å². The molecule has 1 saturated heterocycles. The van der Waals surface area contributed by atoms with Gasteiger partial charge in [-0.25, -0.2) is 0 Å². The molecule has 5 nitrogen and oxygen atoms in total. The number of β-amino-alcohol motifs (C(OH)–C–C–N with tert-alkyl or cyclic N) is 1. The third kappa shape index (κ3) is 3.57. The van der Waals surface area contributed by atoms with Gasteiger partial charge >= 0.3 is 0 Å². The molecule has 1 atom stereocenters. The van der Waals surface area contributed by atoms with Crippen molar-refractivity contribution in [3.8, 4) is 0 Å². The largest absolute Gasteiger partial charge is 0.463 e. The summed E-state index contributed by atoms with van der Waals surface area (Å²) in [6.45, 7) is 4.70. The van der Waals surface area contributed by atoms with Gasteiger partial charge in [0.2, 0.25) is 0 Å². The van der Waals surface area contributed by atoms with Crippen LogP contribution in [0.3, 0.4) is 0 Å². The molecule has 1 fully saturated rings. The number of amides is 1. The Balaban J connectivity index is 1.73. The number of aryl methyl sites for hydroxylation is 1. The smallest absolute Gasteiger partial charge is 0.255 e. The van der Waals surface area contributed by atoms with Gasteiger partial charge in [0, 0.05) is 24.5 Å². The number of nitrogens with one attached hydrogen (secondary N) is 1. The van der Waals surface area contributed by atoms with Crippen molar-refractivity contribution >= 4 is 16.9 Å². The van der Waals surface area contributed by atoms with E-state index >= 15 is 0 Å². The summed E-state index contributed by atoms with van der Waals surface area (Å²) < 4.78 is 5.51. The van der Waals surface area contributed by atoms with Crippen LogP contribution in [0.15, 0.2) is 28.9 Å². The van der Waals surface area contributed by atoms with E-state index in [1.54, 1.807) is 6.26 Å². The fourth-order valence-electron chi connectivity index (χ4n) is 3.25. The molecule has 2 N–H and O–H groups in total. The average molecular weight is 316 g/mol. The molecule has 0 saturated carbocycles. The quantitative estimate of drug-likeness (QED) is 0.887. The zero-order valence-electron chi connectivity index (χ0n) is 13.5. The Kier molecular flexibility index (Phi) is 4.98. The number of fused-ring (bicyclic) bond motifs is 1. The fourth-order valence-corrected chi connectivity index (χ4v) is 3.25. The maximum absolute atomic E-state index is 12.6. The van der Waals surface area contributed by atoms with Crippen molar-refractivity contribution in [3.63, 3.8) is 0 Å². The zero-order chi connectivity index (χ0) is 16.2. The highest BCUT2D eigenvalue weighted by Crippen LogP contribution is 2.23. The third-order valence-electron chi connectivity index (χ3n) is 4.55. The number of aliphatic hydroxyl groups excluding tert-OH is 1. The van der Waals surface area contributed by atoms with Gasteiger partial charge in [0.15, 0.2) is 0 Å². The number of hydrogen-bond acceptors (Lipinski definition) is 4. The van der Waals surface area contributed by atoms with Crippen LogP contribution in [0.5, 0.6) is 0 Å². The molecular formula is C18H24N2O3. The van der Waals surface area contributed by atoms with Crippen LogP contribution in [0.25, 0.3) is 11.0 Å². The summed E-state index contributed by atoms with van der Waals surface area (Å²) in [5.41, 5.74) is 2.55. The van der Waals surface area contributed by atoms with Crippen molar-refractivity contribution in [1.82, 2.24) is 10.2 Å². The summed E-state index contributed by atoms with van der Waals surface area (Å²) in [4.78, 5) is 14.8. The molecular weight excluding hydrogens is 292 g/mol. The van der Waals surface area contributed by atoms with Crippen molar-refractivity contribution in [1.29, 1.82) is 0 Å². The summed E-state index contributed by atoms with van der Waals surface area (Å²) in [5, 5.41) is 13.1. The van der Waals surface area contributed by atoms with E-state index in [1.165, 1.54) is 5.56 Å². The maximum Gasteiger partial charge on any atom is 0.255 e. The first-order valence-electron chi connectivity index (χ1n) is 8.35. The molecule has 0 spiro atoms. The Labute approximate surface area is 136 Å². The number of carbonyl (C=O) groups is 1. The fraction of sp³-hybridized carbons (Fsp3) is 0.500. The maximum atomic E-state index is 12.6. The van der Waals surface area contributed by atoms with Gasteiger partial charge in [-0.1, -0.05) is 13.0 Å². The van der Waals surface area contributed by atoms with Gasteiger partial charge in [-0.3, -0.25) is 9.69 Å². The van der Waals surface area contributed by atoms with E-state index in [4.69, 9.17) is 9.52 Å². The Morgan fingerprint density at radius 1 is 1.48 bits per heavy atom. The lowest BCUT2D eigenvalue weighted by atomic mass is 10.0. The predicted octanol–water partition coefficient (Wildman–Crippen LogP) is 2.18. The molecule has 1 unspecified atom stereocenters.